The first-order valence-corrected chi connectivity index (χ1v) is 24.6. The number of nitrogens with one attached hydrogen (secondary N) is 8. The van der Waals surface area contributed by atoms with E-state index in [1.807, 2.05) is 12.1 Å². The third-order valence-electron chi connectivity index (χ3n) is 12.5. The van der Waals surface area contributed by atoms with Gasteiger partial charge in [-0.3, -0.25) is 87.6 Å². The number of carbonyl (C=O) groups excluding carboxylic acids is 12. The van der Waals surface area contributed by atoms with Crippen LogP contribution in [0.2, 0.25) is 0 Å². The van der Waals surface area contributed by atoms with Crippen molar-refractivity contribution in [3.05, 3.63) is 133 Å². The van der Waals surface area contributed by atoms with Crippen molar-refractivity contribution in [3.63, 3.8) is 0 Å². The van der Waals surface area contributed by atoms with Gasteiger partial charge in [-0.2, -0.15) is 10.2 Å². The van der Waals surface area contributed by atoms with Gasteiger partial charge in [-0.1, -0.05) is 12.1 Å². The van der Waals surface area contributed by atoms with Gasteiger partial charge in [0.05, 0.1) is 24.8 Å². The van der Waals surface area contributed by atoms with Crippen molar-refractivity contribution in [3.8, 4) is 0 Å². The highest BCUT2D eigenvalue weighted by Gasteiger charge is 2.32. The minimum absolute atomic E-state index is 0.212. The predicted molar refractivity (Wildman–Crippen MR) is 271 cm³/mol. The smallest absolute Gasteiger partial charge is 0.270 e. The van der Waals surface area contributed by atoms with Crippen molar-refractivity contribution in [2.45, 2.75) is 75.5 Å². The van der Waals surface area contributed by atoms with Gasteiger partial charge in [-0.25, -0.2) is 29.0 Å². The van der Waals surface area contributed by atoms with E-state index in [0.29, 0.717) is 59.7 Å². The Bertz CT molecular complexity index is 3320. The van der Waals surface area contributed by atoms with E-state index in [9.17, 15) is 57.5 Å². The topological polar surface area (TPSA) is 396 Å². The first-order chi connectivity index (χ1) is 38.6. The third-order valence-corrected chi connectivity index (χ3v) is 12.5. The lowest BCUT2D eigenvalue weighted by Crippen LogP contribution is -2.52. The van der Waals surface area contributed by atoms with Gasteiger partial charge in [0.1, 0.15) is 58.0 Å². The van der Waals surface area contributed by atoms with Gasteiger partial charge in [0.15, 0.2) is 11.3 Å². The summed E-state index contributed by atoms with van der Waals surface area (Å²) in [4.78, 5) is 156. The molecule has 0 radical (unpaired) electrons. The molecular formula is C50H46N18O12. The summed E-state index contributed by atoms with van der Waals surface area (Å²) in [6.07, 6.45) is 17.7. The first kappa shape index (κ1) is 53.9. The quantitative estimate of drug-likeness (QED) is 0.0784. The first-order valence-electron chi connectivity index (χ1n) is 24.6. The van der Waals surface area contributed by atoms with Crippen LogP contribution in [0.4, 0.5) is 0 Å². The maximum atomic E-state index is 12.2. The Hall–Kier alpha value is -10.9. The number of amides is 12. The summed E-state index contributed by atoms with van der Waals surface area (Å²) in [7, 11) is 0. The lowest BCUT2D eigenvalue weighted by molar-refractivity contribution is -0.136. The minimum Gasteiger partial charge on any atom is -0.340 e. The number of aromatic nitrogens is 10. The van der Waals surface area contributed by atoms with E-state index in [2.05, 4.69) is 72.7 Å². The highest BCUT2D eigenvalue weighted by atomic mass is 16.2. The zero-order valence-corrected chi connectivity index (χ0v) is 41.7. The molecule has 80 heavy (non-hydrogen) atoms. The van der Waals surface area contributed by atoms with Gasteiger partial charge in [0.25, 0.3) is 23.6 Å². The molecule has 8 N–H and O–H groups in total. The summed E-state index contributed by atoms with van der Waals surface area (Å²) in [5, 5.41) is 27.2. The molecule has 8 aromatic heterocycles. The average Bonchev–Trinajstić information content (AvgIpc) is 4.29. The average molecular weight is 1090 g/mol. The summed E-state index contributed by atoms with van der Waals surface area (Å²) in [6, 6.07) is 11.4. The fraction of sp³-hybridized carbons (Fsp3) is 0.240. The number of hydrogen-bond donors (Lipinski definition) is 8. The van der Waals surface area contributed by atoms with Crippen LogP contribution >= 0.6 is 0 Å². The minimum atomic E-state index is -0.709. The van der Waals surface area contributed by atoms with Crippen molar-refractivity contribution in [1.29, 1.82) is 0 Å². The summed E-state index contributed by atoms with van der Waals surface area (Å²) in [5.41, 5.74) is 3.41. The zero-order valence-electron chi connectivity index (χ0n) is 41.7. The third kappa shape index (κ3) is 12.5. The van der Waals surface area contributed by atoms with Gasteiger partial charge < -0.3 is 21.3 Å². The van der Waals surface area contributed by atoms with Crippen molar-refractivity contribution in [1.82, 2.24) is 90.5 Å². The molecule has 4 aliphatic rings. The lowest BCUT2D eigenvalue weighted by Gasteiger charge is -2.21. The number of piperidine rings is 4. The van der Waals surface area contributed by atoms with Gasteiger partial charge in [-0.15, -0.1) is 0 Å². The van der Waals surface area contributed by atoms with Crippen molar-refractivity contribution in [2.75, 3.05) is 0 Å². The molecule has 0 unspecified atom stereocenters. The zero-order chi connectivity index (χ0) is 56.5. The second kappa shape index (κ2) is 23.9. The maximum Gasteiger partial charge on any atom is 0.270 e. The molecule has 0 aliphatic carbocycles. The second-order valence-electron chi connectivity index (χ2n) is 17.9. The Morgan fingerprint density at radius 1 is 0.412 bits per heavy atom. The van der Waals surface area contributed by atoms with Gasteiger partial charge >= 0.3 is 0 Å². The Balaban J connectivity index is 0.000000129. The van der Waals surface area contributed by atoms with Crippen molar-refractivity contribution < 1.29 is 57.5 Å². The van der Waals surface area contributed by atoms with Crippen LogP contribution in [0.3, 0.4) is 0 Å². The van der Waals surface area contributed by atoms with E-state index in [4.69, 9.17) is 0 Å². The number of rotatable bonds is 8. The maximum absolute atomic E-state index is 12.2. The number of nitrogens with zero attached hydrogens (tertiary/aromatic N) is 10. The molecule has 30 nitrogen and oxygen atoms in total. The normalized spacial score (nSPS) is 18.9. The molecule has 4 fully saturated rings. The fourth-order valence-corrected chi connectivity index (χ4v) is 8.44. The molecule has 0 bridgehead atoms. The largest absolute Gasteiger partial charge is 0.340 e. The van der Waals surface area contributed by atoms with E-state index in [0.717, 1.165) is 0 Å². The Kier molecular flexibility index (Phi) is 16.1. The van der Waals surface area contributed by atoms with E-state index >= 15 is 0 Å². The van der Waals surface area contributed by atoms with Crippen LogP contribution in [-0.2, 0) is 38.4 Å². The predicted octanol–water partition coefficient (Wildman–Crippen LogP) is -1.73. The summed E-state index contributed by atoms with van der Waals surface area (Å²) >= 11 is 0. The molecule has 0 aromatic carbocycles. The number of imidazole rings is 2. The molecule has 12 heterocycles. The van der Waals surface area contributed by atoms with Crippen LogP contribution in [0.15, 0.2) is 110 Å². The molecule has 408 valence electrons. The van der Waals surface area contributed by atoms with Crippen LogP contribution in [0.5, 0.6) is 0 Å². The monoisotopic (exact) mass is 1090 g/mol. The number of fused-ring (bicyclic) bond motifs is 4. The molecule has 12 amide bonds. The van der Waals surface area contributed by atoms with E-state index in [1.165, 1.54) is 33.8 Å². The summed E-state index contributed by atoms with van der Waals surface area (Å²) < 4.78 is 6.22. The highest BCUT2D eigenvalue weighted by molar-refractivity contribution is 6.07. The number of pyridine rings is 2. The Labute approximate surface area is 448 Å². The number of imide groups is 4. The SMILES string of the molecule is O=C1CC[C@@H](NC(=O)c2cnc3ccccn23)C(=O)N1.O=C1CC[C@@H](NC(=O)c2cnn3cccnc23)C(=O)N1.O=C1CC[C@H](NC(=O)c2cnc3ccccn23)C(=O)N1.O=C1CC[C@H](NC(=O)c2cnn3cccnc23)C(=O)N1. The van der Waals surface area contributed by atoms with Crippen LogP contribution < -0.4 is 42.5 Å². The van der Waals surface area contributed by atoms with E-state index in [-0.39, 0.29) is 60.4 Å². The van der Waals surface area contributed by atoms with Crippen LogP contribution in [0.1, 0.15) is 93.1 Å². The molecule has 0 spiro atoms. The molecular weight excluding hydrogens is 1040 g/mol. The number of carbonyl (C=O) groups is 12. The second-order valence-corrected chi connectivity index (χ2v) is 17.9. The molecule has 30 heteroatoms. The molecule has 4 aliphatic heterocycles. The molecule has 8 aromatic rings. The van der Waals surface area contributed by atoms with Crippen LogP contribution in [0, 0.1) is 0 Å². The molecule has 4 saturated heterocycles. The van der Waals surface area contributed by atoms with Crippen molar-refractivity contribution in [2.24, 2.45) is 0 Å². The Morgan fingerprint density at radius 2 is 0.750 bits per heavy atom. The van der Waals surface area contributed by atoms with E-state index < -0.39 is 71.4 Å². The van der Waals surface area contributed by atoms with Gasteiger partial charge in [0, 0.05) is 62.9 Å². The summed E-state index contributed by atoms with van der Waals surface area (Å²) in [5.74, 6) is -4.83. The number of hydrogen-bond acceptors (Lipinski definition) is 18. The molecule has 0 saturated carbocycles. The van der Waals surface area contributed by atoms with Gasteiger partial charge in [-0.05, 0) is 62.1 Å². The van der Waals surface area contributed by atoms with Crippen molar-refractivity contribution >= 4 is 93.5 Å². The Morgan fingerprint density at radius 3 is 1.09 bits per heavy atom. The molecule has 4 atom stereocenters. The highest BCUT2D eigenvalue weighted by Crippen LogP contribution is 2.14. The van der Waals surface area contributed by atoms with Crippen LogP contribution in [0.25, 0.3) is 22.6 Å². The lowest BCUT2D eigenvalue weighted by atomic mass is 10.1. The summed E-state index contributed by atoms with van der Waals surface area (Å²) in [6.45, 7) is 0. The standard InChI is InChI=1S/2C13H12N4O3.2C12H11N5O3/c2*18-11-5-4-8(12(19)16-11)15-13(20)9-7-14-10-3-1-2-6-17(9)10;2*18-9-3-2-8(12(20)16-9)15-11(19)7-6-14-17-5-1-4-13-10(7)17/h2*1-3,6-8H,4-5H2,(H,15,20)(H,16,18,19);2*1,4-6,8H,2-3H2,(H,15,19)(H,16,18,20)/t4*8-/m1010/s1. The van der Waals surface area contributed by atoms with Gasteiger partial charge in [0.2, 0.25) is 47.3 Å². The fourth-order valence-electron chi connectivity index (χ4n) is 8.44. The van der Waals surface area contributed by atoms with E-state index in [1.54, 1.807) is 82.4 Å². The molecule has 12 rings (SSSR count). The van der Waals surface area contributed by atoms with Crippen LogP contribution in [-0.4, -0.2) is 143 Å².